The Morgan fingerprint density at radius 3 is 1.48 bits per heavy atom. The van der Waals surface area contributed by atoms with E-state index in [1.54, 1.807) is 23.1 Å². The summed E-state index contributed by atoms with van der Waals surface area (Å²) >= 11 is 0. The van der Waals surface area contributed by atoms with Crippen LogP contribution in [0, 0.1) is 0 Å². The van der Waals surface area contributed by atoms with Crippen molar-refractivity contribution in [2.45, 2.75) is 174 Å². The zero-order valence-corrected chi connectivity index (χ0v) is 30.7. The first-order valence-electron chi connectivity index (χ1n) is 20.0. The van der Waals surface area contributed by atoms with Gasteiger partial charge >= 0.3 is 5.97 Å². The highest BCUT2D eigenvalue weighted by Crippen LogP contribution is 2.32. The molecule has 268 valence electrons. The van der Waals surface area contributed by atoms with Gasteiger partial charge < -0.3 is 9.47 Å². The van der Waals surface area contributed by atoms with Crippen LogP contribution in [0.5, 0.6) is 5.75 Å². The van der Waals surface area contributed by atoms with Gasteiger partial charge in [0.25, 0.3) is 5.91 Å². The van der Waals surface area contributed by atoms with E-state index in [9.17, 15) is 9.59 Å². The van der Waals surface area contributed by atoms with Gasteiger partial charge in [0.15, 0.2) is 0 Å². The normalized spacial score (nSPS) is 14.5. The van der Waals surface area contributed by atoms with Crippen molar-refractivity contribution in [3.8, 4) is 5.75 Å². The molecule has 0 aromatic heterocycles. The second kappa shape index (κ2) is 25.2. The van der Waals surface area contributed by atoms with Crippen LogP contribution in [0.4, 0.5) is 0 Å². The van der Waals surface area contributed by atoms with Gasteiger partial charge in [-0.05, 0) is 49.2 Å². The zero-order valence-electron chi connectivity index (χ0n) is 30.7. The number of benzene rings is 2. The number of ether oxygens (including phenoxy) is 2. The van der Waals surface area contributed by atoms with Crippen molar-refractivity contribution in [2.24, 2.45) is 0 Å². The van der Waals surface area contributed by atoms with Gasteiger partial charge in [-0.3, -0.25) is 9.69 Å². The molecule has 0 spiro atoms. The molecule has 0 saturated carbocycles. The quantitative estimate of drug-likeness (QED) is 0.0672. The van der Waals surface area contributed by atoms with E-state index in [4.69, 9.17) is 9.47 Å². The number of unbranched alkanes of at least 4 members (excludes halogenated alkanes) is 22. The number of hydrogen-bond acceptors (Lipinski definition) is 4. The summed E-state index contributed by atoms with van der Waals surface area (Å²) in [4.78, 5) is 28.7. The van der Waals surface area contributed by atoms with E-state index in [0.717, 1.165) is 30.6 Å². The fourth-order valence-corrected chi connectivity index (χ4v) is 6.79. The number of amides is 1. The van der Waals surface area contributed by atoms with Crippen LogP contribution in [0.3, 0.4) is 0 Å². The number of esters is 1. The van der Waals surface area contributed by atoms with Crippen molar-refractivity contribution < 1.29 is 19.1 Å². The molecule has 0 N–H and O–H groups in total. The van der Waals surface area contributed by atoms with Gasteiger partial charge in [0.2, 0.25) is 6.23 Å². The highest BCUT2D eigenvalue weighted by Gasteiger charge is 2.35. The van der Waals surface area contributed by atoms with E-state index < -0.39 is 12.2 Å². The van der Waals surface area contributed by atoms with Gasteiger partial charge in [0, 0.05) is 12.1 Å². The third-order valence-electron chi connectivity index (χ3n) is 9.82. The molecule has 5 heteroatoms. The molecular weight excluding hydrogens is 594 g/mol. The molecule has 5 nitrogen and oxygen atoms in total. The van der Waals surface area contributed by atoms with Crippen molar-refractivity contribution in [3.63, 3.8) is 0 Å². The molecule has 2 aromatic carbocycles. The van der Waals surface area contributed by atoms with E-state index in [1.807, 2.05) is 30.3 Å². The lowest BCUT2D eigenvalue weighted by Crippen LogP contribution is -2.36. The number of fused-ring (bicyclic) bond motifs is 1. The van der Waals surface area contributed by atoms with E-state index in [2.05, 4.69) is 13.8 Å². The summed E-state index contributed by atoms with van der Waals surface area (Å²) < 4.78 is 12.1. The molecule has 1 aliphatic heterocycles. The molecule has 0 bridgehead atoms. The summed E-state index contributed by atoms with van der Waals surface area (Å²) in [6, 6.07) is 14.8. The predicted octanol–water partition coefficient (Wildman–Crippen LogP) is 12.8. The monoisotopic (exact) mass is 662 g/mol. The van der Waals surface area contributed by atoms with Gasteiger partial charge in [-0.25, -0.2) is 4.79 Å². The molecule has 0 fully saturated rings. The van der Waals surface area contributed by atoms with Crippen LogP contribution in [0.1, 0.15) is 200 Å². The summed E-state index contributed by atoms with van der Waals surface area (Å²) in [5.74, 6) is 0.217. The van der Waals surface area contributed by atoms with Crippen molar-refractivity contribution in [1.29, 1.82) is 0 Å². The fraction of sp³-hybridized carbons (Fsp3) is 0.674. The van der Waals surface area contributed by atoms with Crippen LogP contribution >= 0.6 is 0 Å². The molecule has 1 atom stereocenters. The third-order valence-corrected chi connectivity index (χ3v) is 9.82. The molecule has 0 aliphatic carbocycles. The predicted molar refractivity (Wildman–Crippen MR) is 200 cm³/mol. The topological polar surface area (TPSA) is 55.8 Å². The Hall–Kier alpha value is -2.82. The molecule has 48 heavy (non-hydrogen) atoms. The summed E-state index contributed by atoms with van der Waals surface area (Å²) in [5, 5.41) is 0. The second-order valence-electron chi connectivity index (χ2n) is 14.0. The average molecular weight is 662 g/mol. The number of hydrogen-bond donors (Lipinski definition) is 0. The van der Waals surface area contributed by atoms with Crippen molar-refractivity contribution in [2.75, 3.05) is 13.2 Å². The summed E-state index contributed by atoms with van der Waals surface area (Å²) in [6.07, 6.45) is 30.2. The van der Waals surface area contributed by atoms with E-state index in [1.165, 1.54) is 135 Å². The van der Waals surface area contributed by atoms with Crippen LogP contribution in [-0.4, -0.2) is 29.9 Å². The Bertz CT molecular complexity index is 1130. The SMILES string of the molecule is CCCCCCCCCCCCCCOc1ccc(C2OC(=O)c3ccccc3C(=O)N2CCCCCCCCCCCCCC)cc1. The van der Waals surface area contributed by atoms with Crippen LogP contribution in [0.2, 0.25) is 0 Å². The first-order chi connectivity index (χ1) is 23.7. The first-order valence-corrected chi connectivity index (χ1v) is 20.0. The highest BCUT2D eigenvalue weighted by molar-refractivity contribution is 6.06. The van der Waals surface area contributed by atoms with Crippen LogP contribution < -0.4 is 4.74 Å². The van der Waals surface area contributed by atoms with Gasteiger partial charge in [-0.1, -0.05) is 167 Å². The number of carbonyl (C=O) groups excluding carboxylic acids is 2. The van der Waals surface area contributed by atoms with Crippen LogP contribution in [0.25, 0.3) is 0 Å². The molecule has 2 aromatic rings. The molecule has 3 rings (SSSR count). The highest BCUT2D eigenvalue weighted by atomic mass is 16.6. The maximum absolute atomic E-state index is 13.8. The summed E-state index contributed by atoms with van der Waals surface area (Å²) in [5.41, 5.74) is 1.56. The largest absolute Gasteiger partial charge is 0.494 e. The summed E-state index contributed by atoms with van der Waals surface area (Å²) in [6.45, 7) is 5.80. The minimum absolute atomic E-state index is 0.142. The van der Waals surface area contributed by atoms with E-state index >= 15 is 0 Å². The maximum Gasteiger partial charge on any atom is 0.341 e. The maximum atomic E-state index is 13.8. The minimum atomic E-state index is -0.754. The molecule has 0 saturated heterocycles. The third kappa shape index (κ3) is 15.2. The molecule has 0 radical (unpaired) electrons. The summed E-state index contributed by atoms with van der Waals surface area (Å²) in [7, 11) is 0. The van der Waals surface area contributed by atoms with E-state index in [-0.39, 0.29) is 5.91 Å². The van der Waals surface area contributed by atoms with Crippen molar-refractivity contribution in [3.05, 3.63) is 65.2 Å². The molecule has 1 amide bonds. The Balaban J connectivity index is 1.41. The lowest BCUT2D eigenvalue weighted by Gasteiger charge is -2.29. The smallest absolute Gasteiger partial charge is 0.341 e. The van der Waals surface area contributed by atoms with Crippen molar-refractivity contribution in [1.82, 2.24) is 4.90 Å². The number of nitrogens with zero attached hydrogens (tertiary/aromatic N) is 1. The Morgan fingerprint density at radius 2 is 0.979 bits per heavy atom. The van der Waals surface area contributed by atoms with E-state index in [0.29, 0.717) is 24.3 Å². The number of carbonyl (C=O) groups is 2. The van der Waals surface area contributed by atoms with Gasteiger partial charge in [0.05, 0.1) is 17.7 Å². The second-order valence-corrected chi connectivity index (χ2v) is 14.0. The van der Waals surface area contributed by atoms with Crippen molar-refractivity contribution >= 4 is 11.9 Å². The Kier molecular flexibility index (Phi) is 20.8. The van der Waals surface area contributed by atoms with Gasteiger partial charge in [-0.2, -0.15) is 0 Å². The lowest BCUT2D eigenvalue weighted by molar-refractivity contribution is -0.0224. The first kappa shape index (κ1) is 39.6. The molecule has 1 unspecified atom stereocenters. The molecular formula is C43H67NO4. The average Bonchev–Trinajstić information content (AvgIpc) is 3.21. The number of rotatable bonds is 28. The Morgan fingerprint density at radius 1 is 0.542 bits per heavy atom. The number of cyclic esters (lactones) is 1. The molecule has 1 aliphatic rings. The standard InChI is InChI=1S/C43H67NO4/c1-3-5-7-9-11-13-15-17-19-21-23-27-35-44-41(45)39-29-25-26-30-40(39)43(46)48-42(44)37-31-33-38(34-32-37)47-36-28-24-22-20-18-16-14-12-10-8-6-4-2/h25-26,29-34,42H,3-24,27-28,35-36H2,1-2H3. The van der Waals surface area contributed by atoms with Gasteiger partial charge in [0.1, 0.15) is 5.75 Å². The van der Waals surface area contributed by atoms with Crippen LogP contribution in [-0.2, 0) is 4.74 Å². The molecule has 1 heterocycles. The van der Waals surface area contributed by atoms with Gasteiger partial charge in [-0.15, -0.1) is 0 Å². The lowest BCUT2D eigenvalue weighted by atomic mass is 10.0. The van der Waals surface area contributed by atoms with Crippen LogP contribution in [0.15, 0.2) is 48.5 Å². The Labute approximate surface area is 293 Å². The minimum Gasteiger partial charge on any atom is -0.494 e. The fourth-order valence-electron chi connectivity index (χ4n) is 6.79. The zero-order chi connectivity index (χ0) is 34.1.